The van der Waals surface area contributed by atoms with Crippen LogP contribution in [-0.2, 0) is 17.8 Å². The Bertz CT molecular complexity index is 797. The lowest BCUT2D eigenvalue weighted by molar-refractivity contribution is -0.127. The summed E-state index contributed by atoms with van der Waals surface area (Å²) < 4.78 is 5.57. The van der Waals surface area contributed by atoms with Gasteiger partial charge in [0.25, 0.3) is 5.22 Å². The van der Waals surface area contributed by atoms with Gasteiger partial charge in [0.2, 0.25) is 11.8 Å². The van der Waals surface area contributed by atoms with E-state index in [1.54, 1.807) is 34.6 Å². The van der Waals surface area contributed by atoms with Gasteiger partial charge < -0.3 is 9.32 Å². The Balaban J connectivity index is 1.48. The second kappa shape index (κ2) is 7.91. The summed E-state index contributed by atoms with van der Waals surface area (Å²) in [5.41, 5.74) is 2.06. The highest BCUT2D eigenvalue weighted by Crippen LogP contribution is 2.19. The Morgan fingerprint density at radius 3 is 2.96 bits per heavy atom. The van der Waals surface area contributed by atoms with Crippen LogP contribution in [0.2, 0.25) is 0 Å². The second-order valence-corrected chi connectivity index (χ2v) is 7.94. The van der Waals surface area contributed by atoms with Gasteiger partial charge in [-0.2, -0.15) is 11.3 Å². The summed E-state index contributed by atoms with van der Waals surface area (Å²) >= 11 is 4.48. The predicted molar refractivity (Wildman–Crippen MR) is 95.5 cm³/mol. The molecule has 3 heterocycles. The first-order valence-corrected chi connectivity index (χ1v) is 10.0. The zero-order valence-electron chi connectivity index (χ0n) is 13.3. The number of nitrogens with zero attached hydrogens (tertiary/aromatic N) is 4. The highest BCUT2D eigenvalue weighted by atomic mass is 32.2. The molecule has 24 heavy (non-hydrogen) atoms. The van der Waals surface area contributed by atoms with E-state index in [-0.39, 0.29) is 11.7 Å². The Morgan fingerprint density at radius 2 is 2.25 bits per heavy atom. The van der Waals surface area contributed by atoms with Crippen molar-refractivity contribution in [2.24, 2.45) is 0 Å². The summed E-state index contributed by atoms with van der Waals surface area (Å²) in [6, 6.07) is 2.02. The number of thiazole rings is 1. The quantitative estimate of drug-likeness (QED) is 0.586. The maximum Gasteiger partial charge on any atom is 0.277 e. The predicted octanol–water partition coefficient (Wildman–Crippen LogP) is 3.24. The first kappa shape index (κ1) is 17.1. The molecule has 0 aliphatic carbocycles. The molecule has 0 atom stereocenters. The lowest BCUT2D eigenvalue weighted by atomic mass is 10.3. The van der Waals surface area contributed by atoms with E-state index >= 15 is 0 Å². The Kier molecular flexibility index (Phi) is 5.64. The molecule has 126 valence electrons. The third-order valence-corrected chi connectivity index (χ3v) is 5.55. The number of hydrogen-bond acceptors (Lipinski definition) is 8. The topological polar surface area (TPSA) is 72.1 Å². The van der Waals surface area contributed by atoms with Crippen LogP contribution in [-0.4, -0.2) is 38.8 Å². The number of thioether (sulfide) groups is 1. The van der Waals surface area contributed by atoms with Crippen molar-refractivity contribution in [3.63, 3.8) is 0 Å². The molecule has 0 aromatic carbocycles. The fourth-order valence-electron chi connectivity index (χ4n) is 1.99. The monoisotopic (exact) mass is 380 g/mol. The number of rotatable bonds is 7. The van der Waals surface area contributed by atoms with Crippen LogP contribution in [0.15, 0.2) is 31.8 Å². The third kappa shape index (κ3) is 4.65. The van der Waals surface area contributed by atoms with E-state index in [9.17, 15) is 4.79 Å². The SMILES string of the molecule is Cc1nc(Cc2nnc(SCC(=O)N(C)Cc3ccsc3)o2)cs1. The van der Waals surface area contributed by atoms with Crippen molar-refractivity contribution in [1.82, 2.24) is 20.1 Å². The number of hydrogen-bond donors (Lipinski definition) is 0. The van der Waals surface area contributed by atoms with Crippen LogP contribution in [0, 0.1) is 6.92 Å². The molecule has 0 aliphatic rings. The largest absolute Gasteiger partial charge is 0.416 e. The van der Waals surface area contributed by atoms with Crippen molar-refractivity contribution in [2.75, 3.05) is 12.8 Å². The lowest BCUT2D eigenvalue weighted by Gasteiger charge is -2.15. The fraction of sp³-hybridized carbons (Fsp3) is 0.333. The molecule has 9 heteroatoms. The molecular weight excluding hydrogens is 364 g/mol. The molecule has 3 aromatic rings. The minimum atomic E-state index is 0.0288. The lowest BCUT2D eigenvalue weighted by Crippen LogP contribution is -2.27. The highest BCUT2D eigenvalue weighted by molar-refractivity contribution is 7.99. The molecule has 0 saturated heterocycles. The van der Waals surface area contributed by atoms with Gasteiger partial charge in [0.15, 0.2) is 0 Å². The van der Waals surface area contributed by atoms with E-state index < -0.39 is 0 Å². The number of aromatic nitrogens is 3. The van der Waals surface area contributed by atoms with Crippen LogP contribution < -0.4 is 0 Å². The zero-order chi connectivity index (χ0) is 16.9. The standard InChI is InChI=1S/C15H16N4O2S3/c1-10-16-12(8-23-10)5-13-17-18-15(21-13)24-9-14(20)19(2)6-11-3-4-22-7-11/h3-4,7-8H,5-6,9H2,1-2H3. The maximum atomic E-state index is 12.2. The van der Waals surface area contributed by atoms with Gasteiger partial charge >= 0.3 is 0 Å². The van der Waals surface area contributed by atoms with Gasteiger partial charge in [-0.3, -0.25) is 4.79 Å². The van der Waals surface area contributed by atoms with Crippen LogP contribution >= 0.6 is 34.4 Å². The summed E-state index contributed by atoms with van der Waals surface area (Å²) in [5.74, 6) is 0.820. The molecule has 0 spiro atoms. The maximum absolute atomic E-state index is 12.2. The van der Waals surface area contributed by atoms with Gasteiger partial charge in [0, 0.05) is 19.0 Å². The first-order chi connectivity index (χ1) is 11.6. The second-order valence-electron chi connectivity index (χ2n) is 5.17. The molecule has 0 N–H and O–H groups in total. The van der Waals surface area contributed by atoms with Crippen molar-refractivity contribution >= 4 is 40.3 Å². The Hall–Kier alpha value is -1.71. The van der Waals surface area contributed by atoms with Crippen LogP contribution in [0.1, 0.15) is 22.2 Å². The third-order valence-electron chi connectivity index (χ3n) is 3.19. The number of carbonyl (C=O) groups excluding carboxylic acids is 1. The Morgan fingerprint density at radius 1 is 1.38 bits per heavy atom. The normalized spacial score (nSPS) is 10.9. The van der Waals surface area contributed by atoms with E-state index in [0.717, 1.165) is 16.3 Å². The van der Waals surface area contributed by atoms with Crippen LogP contribution in [0.4, 0.5) is 0 Å². The van der Waals surface area contributed by atoms with E-state index in [2.05, 4.69) is 15.2 Å². The van der Waals surface area contributed by atoms with Gasteiger partial charge in [-0.1, -0.05) is 11.8 Å². The molecule has 0 unspecified atom stereocenters. The zero-order valence-corrected chi connectivity index (χ0v) is 15.7. The molecule has 0 saturated carbocycles. The molecule has 3 aromatic heterocycles. The van der Waals surface area contributed by atoms with Gasteiger partial charge in [-0.05, 0) is 29.3 Å². The van der Waals surface area contributed by atoms with Crippen molar-refractivity contribution in [3.05, 3.63) is 44.4 Å². The van der Waals surface area contributed by atoms with Gasteiger partial charge in [-0.15, -0.1) is 21.5 Å². The van der Waals surface area contributed by atoms with Crippen LogP contribution in [0.5, 0.6) is 0 Å². The summed E-state index contributed by atoms with van der Waals surface area (Å²) in [7, 11) is 1.80. The van der Waals surface area contributed by atoms with E-state index in [0.29, 0.717) is 24.1 Å². The molecule has 3 rings (SSSR count). The van der Waals surface area contributed by atoms with Gasteiger partial charge in [-0.25, -0.2) is 4.98 Å². The summed E-state index contributed by atoms with van der Waals surface area (Å²) in [6.07, 6.45) is 0.518. The average molecular weight is 381 g/mol. The number of carbonyl (C=O) groups is 1. The Labute approximate surface area is 151 Å². The fourth-order valence-corrected chi connectivity index (χ4v) is 3.98. The van der Waals surface area contributed by atoms with Crippen LogP contribution in [0.25, 0.3) is 0 Å². The summed E-state index contributed by atoms with van der Waals surface area (Å²) in [5, 5.41) is 15.4. The molecule has 0 radical (unpaired) electrons. The summed E-state index contributed by atoms with van der Waals surface area (Å²) in [4.78, 5) is 18.2. The minimum absolute atomic E-state index is 0.0288. The molecule has 0 bridgehead atoms. The number of thiophene rings is 1. The van der Waals surface area contributed by atoms with Gasteiger partial charge in [0.1, 0.15) is 0 Å². The van der Waals surface area contributed by atoms with E-state index in [1.807, 2.05) is 29.1 Å². The van der Waals surface area contributed by atoms with Crippen LogP contribution in [0.3, 0.4) is 0 Å². The van der Waals surface area contributed by atoms with Crippen molar-refractivity contribution in [1.29, 1.82) is 0 Å². The average Bonchev–Trinajstić information content (AvgIpc) is 3.29. The molecule has 1 amide bonds. The first-order valence-electron chi connectivity index (χ1n) is 7.21. The van der Waals surface area contributed by atoms with E-state index in [1.165, 1.54) is 11.8 Å². The number of aryl methyl sites for hydroxylation is 1. The molecule has 6 nitrogen and oxygen atoms in total. The smallest absolute Gasteiger partial charge is 0.277 e. The number of amides is 1. The van der Waals surface area contributed by atoms with Crippen molar-refractivity contribution in [2.45, 2.75) is 25.1 Å². The molecular formula is C15H16N4O2S3. The van der Waals surface area contributed by atoms with Crippen molar-refractivity contribution in [3.8, 4) is 0 Å². The van der Waals surface area contributed by atoms with Gasteiger partial charge in [0.05, 0.1) is 22.9 Å². The highest BCUT2D eigenvalue weighted by Gasteiger charge is 2.14. The summed E-state index contributed by atoms with van der Waals surface area (Å²) in [6.45, 7) is 2.57. The molecule has 0 aliphatic heterocycles. The van der Waals surface area contributed by atoms with E-state index in [4.69, 9.17) is 4.42 Å². The minimum Gasteiger partial charge on any atom is -0.416 e. The molecule has 0 fully saturated rings. The van der Waals surface area contributed by atoms with Crippen molar-refractivity contribution < 1.29 is 9.21 Å².